The van der Waals surface area contributed by atoms with Gasteiger partial charge < -0.3 is 14.3 Å². The van der Waals surface area contributed by atoms with E-state index in [-0.39, 0.29) is 5.91 Å². The second-order valence-corrected chi connectivity index (χ2v) is 9.51. The van der Waals surface area contributed by atoms with Crippen LogP contribution >= 0.6 is 0 Å². The Bertz CT molecular complexity index is 943. The topological polar surface area (TPSA) is 76.2 Å². The summed E-state index contributed by atoms with van der Waals surface area (Å²) in [5, 5.41) is 11.7. The molecule has 4 aliphatic rings. The summed E-state index contributed by atoms with van der Waals surface area (Å²) in [5.41, 5.74) is 2.14. The summed E-state index contributed by atoms with van der Waals surface area (Å²) < 4.78 is 7.38. The van der Waals surface area contributed by atoms with Gasteiger partial charge in [-0.25, -0.2) is 0 Å². The lowest BCUT2D eigenvalue weighted by molar-refractivity contribution is -0.0106. The second-order valence-electron chi connectivity index (χ2n) is 9.51. The number of furan rings is 1. The van der Waals surface area contributed by atoms with Gasteiger partial charge in [-0.05, 0) is 42.2 Å². The van der Waals surface area contributed by atoms with Crippen molar-refractivity contribution in [3.8, 4) is 0 Å². The first-order chi connectivity index (χ1) is 14.5. The Labute approximate surface area is 177 Å². The Morgan fingerprint density at radius 2 is 2.20 bits per heavy atom. The number of nitrogens with one attached hydrogen (secondary N) is 1. The number of hydrogen-bond acceptors (Lipinski definition) is 5. The number of rotatable bonds is 6. The molecule has 0 unspecified atom stereocenters. The minimum absolute atomic E-state index is 0.191. The lowest BCUT2D eigenvalue weighted by Gasteiger charge is -2.57. The first-order valence-electron chi connectivity index (χ1n) is 11.2. The van der Waals surface area contributed by atoms with Crippen LogP contribution < -0.4 is 5.32 Å². The SMILES string of the molecule is CC1(C)[C@H]2CC=C(CN3CCc4nnc(CCNC(=O)c5ccco5)n4CC3)[C@@H]1C2. The van der Waals surface area contributed by atoms with E-state index in [1.165, 1.54) is 19.1 Å². The van der Waals surface area contributed by atoms with Gasteiger partial charge in [-0.3, -0.25) is 9.69 Å². The fraction of sp³-hybridized carbons (Fsp3) is 0.609. The maximum Gasteiger partial charge on any atom is 0.286 e. The maximum atomic E-state index is 12.0. The van der Waals surface area contributed by atoms with Crippen molar-refractivity contribution in [1.82, 2.24) is 25.0 Å². The molecule has 1 amide bonds. The summed E-state index contributed by atoms with van der Waals surface area (Å²) in [4.78, 5) is 14.6. The Morgan fingerprint density at radius 3 is 2.97 bits per heavy atom. The molecule has 0 radical (unpaired) electrons. The molecular weight excluding hydrogens is 378 g/mol. The third kappa shape index (κ3) is 3.49. The van der Waals surface area contributed by atoms with Gasteiger partial charge in [0.15, 0.2) is 5.76 Å². The van der Waals surface area contributed by atoms with E-state index in [1.807, 2.05) is 0 Å². The zero-order valence-electron chi connectivity index (χ0n) is 17.9. The molecule has 2 bridgehead atoms. The van der Waals surface area contributed by atoms with Crippen molar-refractivity contribution in [1.29, 1.82) is 0 Å². The molecule has 6 rings (SSSR count). The molecule has 3 aliphatic carbocycles. The van der Waals surface area contributed by atoms with Crippen LogP contribution in [0.25, 0.3) is 0 Å². The van der Waals surface area contributed by atoms with Crippen molar-refractivity contribution in [2.45, 2.75) is 46.1 Å². The highest BCUT2D eigenvalue weighted by Gasteiger charge is 2.51. The first kappa shape index (κ1) is 19.5. The average Bonchev–Trinajstić information content (AvgIpc) is 3.36. The monoisotopic (exact) mass is 409 g/mol. The molecule has 7 nitrogen and oxygen atoms in total. The second kappa shape index (κ2) is 7.69. The fourth-order valence-corrected chi connectivity index (χ4v) is 5.47. The molecule has 2 aromatic heterocycles. The number of carbonyl (C=O) groups excluding carboxylic acids is 1. The zero-order chi connectivity index (χ0) is 20.7. The van der Waals surface area contributed by atoms with Crippen LogP contribution in [0.2, 0.25) is 0 Å². The van der Waals surface area contributed by atoms with Crippen LogP contribution in [0.15, 0.2) is 34.5 Å². The summed E-state index contributed by atoms with van der Waals surface area (Å²) in [5.74, 6) is 3.82. The maximum absolute atomic E-state index is 12.0. The molecule has 0 saturated heterocycles. The van der Waals surface area contributed by atoms with Crippen molar-refractivity contribution >= 4 is 5.91 Å². The van der Waals surface area contributed by atoms with Crippen LogP contribution in [0.1, 0.15) is 48.9 Å². The Morgan fingerprint density at radius 1 is 1.30 bits per heavy atom. The summed E-state index contributed by atoms with van der Waals surface area (Å²) >= 11 is 0. The smallest absolute Gasteiger partial charge is 0.286 e. The van der Waals surface area contributed by atoms with E-state index in [0.717, 1.165) is 56.1 Å². The highest BCUT2D eigenvalue weighted by Crippen LogP contribution is 2.59. The predicted octanol–water partition coefficient (Wildman–Crippen LogP) is 2.69. The fourth-order valence-electron chi connectivity index (χ4n) is 5.47. The van der Waals surface area contributed by atoms with Gasteiger partial charge in [0.1, 0.15) is 11.6 Å². The molecule has 2 aromatic rings. The highest BCUT2D eigenvalue weighted by atomic mass is 16.3. The number of aromatic nitrogens is 3. The predicted molar refractivity (Wildman–Crippen MR) is 113 cm³/mol. The van der Waals surface area contributed by atoms with Crippen molar-refractivity contribution in [2.75, 3.05) is 26.2 Å². The van der Waals surface area contributed by atoms with Gasteiger partial charge in [0.2, 0.25) is 0 Å². The van der Waals surface area contributed by atoms with Gasteiger partial charge >= 0.3 is 0 Å². The molecule has 0 spiro atoms. The number of allylic oxidation sites excluding steroid dienone is 1. The van der Waals surface area contributed by atoms with E-state index in [4.69, 9.17) is 4.42 Å². The molecule has 2 atom stereocenters. The van der Waals surface area contributed by atoms with Crippen LogP contribution in [0, 0.1) is 17.3 Å². The number of amides is 1. The highest BCUT2D eigenvalue weighted by molar-refractivity contribution is 5.91. The van der Waals surface area contributed by atoms with Crippen LogP contribution in [0.3, 0.4) is 0 Å². The number of fused-ring (bicyclic) bond motifs is 2. The van der Waals surface area contributed by atoms with Crippen LogP contribution in [0.5, 0.6) is 0 Å². The molecule has 3 heterocycles. The quantitative estimate of drug-likeness (QED) is 0.743. The van der Waals surface area contributed by atoms with E-state index < -0.39 is 0 Å². The van der Waals surface area contributed by atoms with Crippen molar-refractivity contribution in [2.24, 2.45) is 17.3 Å². The van der Waals surface area contributed by atoms with Crippen molar-refractivity contribution in [3.63, 3.8) is 0 Å². The van der Waals surface area contributed by atoms with E-state index in [1.54, 1.807) is 17.7 Å². The Balaban J connectivity index is 1.16. The summed E-state index contributed by atoms with van der Waals surface area (Å²) in [6.07, 6.45) is 8.25. The third-order valence-corrected chi connectivity index (χ3v) is 7.56. The summed E-state index contributed by atoms with van der Waals surface area (Å²) in [7, 11) is 0. The molecule has 1 N–H and O–H groups in total. The molecule has 1 fully saturated rings. The molecule has 160 valence electrons. The lowest BCUT2D eigenvalue weighted by atomic mass is 9.49. The molecule has 1 saturated carbocycles. The third-order valence-electron chi connectivity index (χ3n) is 7.56. The van der Waals surface area contributed by atoms with E-state index >= 15 is 0 Å². The normalized spacial score (nSPS) is 25.1. The standard InChI is InChI=1S/C23H31N5O2/c1-23(2)17-6-5-16(18(23)14-17)15-27-10-8-21-26-25-20(28(21)12-11-27)7-9-24-22(29)19-4-3-13-30-19/h3-5,13,17-18H,6-12,14-15H2,1-2H3,(H,24,29)/t17-,18-/m0/s1. The van der Waals surface area contributed by atoms with Gasteiger partial charge in [-0.15, -0.1) is 10.2 Å². The van der Waals surface area contributed by atoms with E-state index in [9.17, 15) is 4.79 Å². The molecule has 30 heavy (non-hydrogen) atoms. The number of carbonyl (C=O) groups is 1. The molecular formula is C23H31N5O2. The number of hydrogen-bond donors (Lipinski definition) is 1. The Hall–Kier alpha value is -2.41. The van der Waals surface area contributed by atoms with Crippen LogP contribution in [-0.2, 0) is 19.4 Å². The van der Waals surface area contributed by atoms with Gasteiger partial charge in [0, 0.05) is 45.6 Å². The zero-order valence-corrected chi connectivity index (χ0v) is 17.9. The van der Waals surface area contributed by atoms with Gasteiger partial charge in [0.25, 0.3) is 5.91 Å². The van der Waals surface area contributed by atoms with E-state index in [2.05, 4.69) is 44.9 Å². The molecule has 7 heteroatoms. The average molecular weight is 410 g/mol. The van der Waals surface area contributed by atoms with Crippen LogP contribution in [0.4, 0.5) is 0 Å². The Kier molecular flexibility index (Phi) is 5.01. The van der Waals surface area contributed by atoms with Gasteiger partial charge in [-0.1, -0.05) is 25.5 Å². The van der Waals surface area contributed by atoms with Crippen molar-refractivity contribution in [3.05, 3.63) is 47.5 Å². The summed E-state index contributed by atoms with van der Waals surface area (Å²) in [6.45, 7) is 9.46. The van der Waals surface area contributed by atoms with Crippen LogP contribution in [-0.4, -0.2) is 51.8 Å². The van der Waals surface area contributed by atoms with Gasteiger partial charge in [0.05, 0.1) is 6.26 Å². The van der Waals surface area contributed by atoms with Gasteiger partial charge in [-0.2, -0.15) is 0 Å². The lowest BCUT2D eigenvalue weighted by Crippen LogP contribution is -2.50. The number of nitrogens with zero attached hydrogens (tertiary/aromatic N) is 4. The van der Waals surface area contributed by atoms with E-state index in [0.29, 0.717) is 24.1 Å². The largest absolute Gasteiger partial charge is 0.459 e. The molecule has 0 aromatic carbocycles. The van der Waals surface area contributed by atoms with Crippen molar-refractivity contribution < 1.29 is 9.21 Å². The first-order valence-corrected chi connectivity index (χ1v) is 11.2. The summed E-state index contributed by atoms with van der Waals surface area (Å²) in [6, 6.07) is 3.38. The molecule has 1 aliphatic heterocycles. The minimum atomic E-state index is -0.191. The minimum Gasteiger partial charge on any atom is -0.459 e.